The monoisotopic (exact) mass is 165 g/mol. The Morgan fingerprint density at radius 2 is 1.38 bits per heavy atom. The van der Waals surface area contributed by atoms with Gasteiger partial charge in [0.1, 0.15) is 0 Å². The molecule has 0 heterocycles. The van der Waals surface area contributed by atoms with Gasteiger partial charge in [0.25, 0.3) is 0 Å². The third-order valence-corrected chi connectivity index (χ3v) is 0. The maximum atomic E-state index is 7.00. The van der Waals surface area contributed by atoms with Crippen LogP contribution in [-0.2, 0) is 0 Å². The molecule has 0 aromatic heterocycles. The molecule has 1 radical (unpaired) electrons. The quantitative estimate of drug-likeness (QED) is 0.357. The summed E-state index contributed by atoms with van der Waals surface area (Å²) < 4.78 is 0. The minimum absolute atomic E-state index is 0. The van der Waals surface area contributed by atoms with Gasteiger partial charge < -0.3 is 17.0 Å². The molecule has 0 rings (SSSR count). The van der Waals surface area contributed by atoms with Crippen LogP contribution in [-0.4, -0.2) is 35.7 Å². The van der Waals surface area contributed by atoms with E-state index in [2.05, 4.69) is 0 Å². The second kappa shape index (κ2) is 36.4. The molecule has 0 unspecified atom stereocenters. The van der Waals surface area contributed by atoms with Crippen molar-refractivity contribution in [3.63, 3.8) is 0 Å². The van der Waals surface area contributed by atoms with E-state index < -0.39 is 0 Å². The van der Waals surface area contributed by atoms with E-state index in [1.807, 2.05) is 12.5 Å². The van der Waals surface area contributed by atoms with Gasteiger partial charge in [-0.1, -0.05) is 0 Å². The summed E-state index contributed by atoms with van der Waals surface area (Å²) in [5.41, 5.74) is 0. The molecular formula is C2H11BKO3S. The summed E-state index contributed by atoms with van der Waals surface area (Å²) in [6.07, 6.45) is 4.08. The topological polar surface area (TPSA) is 72.0 Å². The molecule has 0 atom stereocenters. The van der Waals surface area contributed by atoms with Crippen LogP contribution in [0.3, 0.4) is 0 Å². The van der Waals surface area contributed by atoms with Gasteiger partial charge in [0.15, 0.2) is 0 Å². The zero-order chi connectivity index (χ0) is 5.41. The zero-order valence-corrected chi connectivity index (χ0v) is 9.32. The molecule has 4 N–H and O–H groups in total. The van der Waals surface area contributed by atoms with Crippen LogP contribution in [0.1, 0.15) is 1.43 Å². The molecule has 0 aliphatic heterocycles. The van der Waals surface area contributed by atoms with E-state index in [4.69, 9.17) is 10.0 Å². The van der Waals surface area contributed by atoms with Crippen LogP contribution in [0, 0.1) is 0 Å². The van der Waals surface area contributed by atoms with Crippen LogP contribution in [0.4, 0.5) is 0 Å². The predicted molar refractivity (Wildman–Crippen MR) is 34.4 cm³/mol. The molecule has 0 aromatic carbocycles. The van der Waals surface area contributed by atoms with Crippen molar-refractivity contribution in [2.45, 2.75) is 0 Å². The Hall–Kier alpha value is 1.93. The first-order valence-electron chi connectivity index (χ1n) is 1.33. The van der Waals surface area contributed by atoms with Crippen molar-refractivity contribution in [1.82, 2.24) is 0 Å². The van der Waals surface area contributed by atoms with E-state index in [1.165, 1.54) is 0 Å². The van der Waals surface area contributed by atoms with Crippen molar-refractivity contribution in [2.75, 3.05) is 12.5 Å². The van der Waals surface area contributed by atoms with E-state index in [0.29, 0.717) is 0 Å². The normalized spacial score (nSPS) is 4.00. The molecule has 0 fully saturated rings. The van der Waals surface area contributed by atoms with E-state index in [9.17, 15) is 0 Å². The summed E-state index contributed by atoms with van der Waals surface area (Å²) >= 11 is 1.75. The molecule has 0 amide bonds. The number of hydrogen-bond donors (Lipinski definition) is 2. The largest absolute Gasteiger partial charge is 1.00 e. The van der Waals surface area contributed by atoms with Crippen molar-refractivity contribution in [3.8, 4) is 0 Å². The SMILES string of the molecule is CSC.O.O[B]O.[H-].[K+]. The van der Waals surface area contributed by atoms with Gasteiger partial charge in [-0.15, -0.1) is 0 Å². The first-order chi connectivity index (χ1) is 2.83. The van der Waals surface area contributed by atoms with Crippen molar-refractivity contribution < 1.29 is 68.3 Å². The summed E-state index contributed by atoms with van der Waals surface area (Å²) in [6.45, 7) is 0. The van der Waals surface area contributed by atoms with Crippen molar-refractivity contribution in [3.05, 3.63) is 0 Å². The summed E-state index contributed by atoms with van der Waals surface area (Å²) in [4.78, 5) is 0. The molecule has 8 heavy (non-hydrogen) atoms. The predicted octanol–water partition coefficient (Wildman–Crippen LogP) is -4.22. The number of rotatable bonds is 0. The first-order valence-corrected chi connectivity index (χ1v) is 2.97. The fourth-order valence-electron chi connectivity index (χ4n) is 0. The molecular weight excluding hydrogens is 154 g/mol. The Balaban J connectivity index is -0.00000000889. The zero-order valence-electron chi connectivity index (χ0n) is 6.38. The van der Waals surface area contributed by atoms with Crippen LogP contribution >= 0.6 is 11.8 Å². The maximum Gasteiger partial charge on any atom is 1.00 e. The van der Waals surface area contributed by atoms with Crippen LogP contribution in [0.2, 0.25) is 0 Å². The van der Waals surface area contributed by atoms with Crippen molar-refractivity contribution in [1.29, 1.82) is 0 Å². The standard InChI is InChI=1S/C2H6S.BH2O2.K.H2O.H/c1-3-2;2-1-3;;;/h1-2H3;2-3H;;1H2;/q;;+1;;-1. The van der Waals surface area contributed by atoms with Gasteiger partial charge >= 0.3 is 59.1 Å². The molecule has 3 nitrogen and oxygen atoms in total. The third kappa shape index (κ3) is 102. The van der Waals surface area contributed by atoms with Crippen molar-refractivity contribution >= 4 is 19.4 Å². The molecule has 0 aromatic rings. The van der Waals surface area contributed by atoms with Crippen LogP contribution in [0.25, 0.3) is 0 Å². The van der Waals surface area contributed by atoms with Gasteiger partial charge in [-0.2, -0.15) is 11.8 Å². The summed E-state index contributed by atoms with van der Waals surface area (Å²) in [6, 6.07) is 0. The minimum Gasteiger partial charge on any atom is -1.00 e. The molecule has 6 heteroatoms. The Labute approximate surface area is 98.8 Å². The van der Waals surface area contributed by atoms with Gasteiger partial charge in [0.2, 0.25) is 0 Å². The number of thioether (sulfide) groups is 1. The van der Waals surface area contributed by atoms with E-state index in [0.717, 1.165) is 0 Å². The molecule has 47 valence electrons. The van der Waals surface area contributed by atoms with Crippen LogP contribution < -0.4 is 51.4 Å². The van der Waals surface area contributed by atoms with E-state index in [-0.39, 0.29) is 66.0 Å². The summed E-state index contributed by atoms with van der Waals surface area (Å²) in [5, 5.41) is 14.0. The second-order valence-corrected chi connectivity index (χ2v) is 1.34. The van der Waals surface area contributed by atoms with Gasteiger partial charge in [-0.05, 0) is 12.5 Å². The smallest absolute Gasteiger partial charge is 1.00 e. The maximum absolute atomic E-state index is 7.00. The van der Waals surface area contributed by atoms with E-state index in [1.54, 1.807) is 11.8 Å². The van der Waals surface area contributed by atoms with Crippen LogP contribution in [0.5, 0.6) is 0 Å². The molecule has 0 spiro atoms. The van der Waals surface area contributed by atoms with Crippen LogP contribution in [0.15, 0.2) is 0 Å². The van der Waals surface area contributed by atoms with Gasteiger partial charge in [0.05, 0.1) is 0 Å². The van der Waals surface area contributed by atoms with Gasteiger partial charge in [-0.3, -0.25) is 0 Å². The van der Waals surface area contributed by atoms with Gasteiger partial charge in [0, 0.05) is 0 Å². The molecule has 0 saturated heterocycles. The Kier molecular flexibility index (Phi) is 102. The summed E-state index contributed by atoms with van der Waals surface area (Å²) in [7, 11) is 0. The third-order valence-electron chi connectivity index (χ3n) is 0. The van der Waals surface area contributed by atoms with Crippen molar-refractivity contribution in [2.24, 2.45) is 0 Å². The minimum atomic E-state index is 0. The number of hydrogen-bond acceptors (Lipinski definition) is 3. The second-order valence-electron chi connectivity index (χ2n) is 0.524. The molecule has 0 aliphatic rings. The fourth-order valence-corrected chi connectivity index (χ4v) is 0. The Bertz CT molecular complexity index is 23.8. The van der Waals surface area contributed by atoms with E-state index >= 15 is 0 Å². The summed E-state index contributed by atoms with van der Waals surface area (Å²) in [5.74, 6) is 0. The Morgan fingerprint density at radius 3 is 1.38 bits per heavy atom. The average molecular weight is 165 g/mol. The average Bonchev–Trinajstić information content (AvgIpc) is 1.39. The fraction of sp³-hybridized carbons (Fsp3) is 1.00. The molecule has 0 saturated carbocycles. The molecule has 0 aliphatic carbocycles. The van der Waals surface area contributed by atoms with Gasteiger partial charge in [-0.25, -0.2) is 0 Å². The first kappa shape index (κ1) is 22.5. The Morgan fingerprint density at radius 1 is 1.38 bits per heavy atom. The molecule has 0 bridgehead atoms.